The fourth-order valence-corrected chi connectivity index (χ4v) is 1.80. The van der Waals surface area contributed by atoms with Gasteiger partial charge in [-0.25, -0.2) is 0 Å². The van der Waals surface area contributed by atoms with Crippen molar-refractivity contribution in [1.29, 1.82) is 0 Å². The fraction of sp³-hybridized carbons (Fsp3) is 0.455. The van der Waals surface area contributed by atoms with Gasteiger partial charge in [0.25, 0.3) is 5.91 Å². The molecule has 6 heteroatoms. The maximum absolute atomic E-state index is 12.1. The standard InChI is InChI=1S/C11H15N3O.2ClH/c1-9-7-13-5-6-14(9)11(15)10-3-2-4-12-8-10;;/h2-4,8-9,13H,5-7H2,1H3;2*1H/t9-;;/m0../s1. The third-order valence-corrected chi connectivity index (χ3v) is 2.67. The molecular formula is C11H17Cl2N3O. The zero-order chi connectivity index (χ0) is 10.7. The molecule has 2 rings (SSSR count). The van der Waals surface area contributed by atoms with Crippen molar-refractivity contribution in [2.45, 2.75) is 13.0 Å². The summed E-state index contributed by atoms with van der Waals surface area (Å²) in [4.78, 5) is 17.9. The van der Waals surface area contributed by atoms with Gasteiger partial charge in [0.15, 0.2) is 0 Å². The Balaban J connectivity index is 0.00000128. The lowest BCUT2D eigenvalue weighted by Crippen LogP contribution is -2.52. The highest BCUT2D eigenvalue weighted by molar-refractivity contribution is 5.94. The van der Waals surface area contributed by atoms with Crippen LogP contribution in [0.25, 0.3) is 0 Å². The Bertz CT molecular complexity index is 348. The van der Waals surface area contributed by atoms with Gasteiger partial charge in [0.1, 0.15) is 0 Å². The second-order valence-electron chi connectivity index (χ2n) is 3.79. The molecule has 4 nitrogen and oxygen atoms in total. The number of carbonyl (C=O) groups is 1. The van der Waals surface area contributed by atoms with Crippen LogP contribution in [0, 0.1) is 0 Å². The zero-order valence-electron chi connectivity index (χ0n) is 9.63. The number of hydrogen-bond donors (Lipinski definition) is 1. The Kier molecular flexibility index (Phi) is 7.11. The molecule has 1 N–H and O–H groups in total. The minimum Gasteiger partial charge on any atom is -0.333 e. The highest BCUT2D eigenvalue weighted by Gasteiger charge is 2.23. The van der Waals surface area contributed by atoms with Crippen LogP contribution in [0.1, 0.15) is 17.3 Å². The van der Waals surface area contributed by atoms with Crippen LogP contribution in [-0.2, 0) is 0 Å². The Hall–Kier alpha value is -0.840. The van der Waals surface area contributed by atoms with Crippen molar-refractivity contribution < 1.29 is 4.79 Å². The number of nitrogens with one attached hydrogen (secondary N) is 1. The minimum atomic E-state index is 0. The molecule has 1 amide bonds. The van der Waals surface area contributed by atoms with Crippen LogP contribution in [0.15, 0.2) is 24.5 Å². The van der Waals surface area contributed by atoms with Gasteiger partial charge in [0, 0.05) is 38.1 Å². The van der Waals surface area contributed by atoms with E-state index in [0.717, 1.165) is 19.6 Å². The number of piperazine rings is 1. The molecule has 96 valence electrons. The topological polar surface area (TPSA) is 45.2 Å². The van der Waals surface area contributed by atoms with E-state index >= 15 is 0 Å². The SMILES string of the molecule is C[C@H]1CNCCN1C(=O)c1cccnc1.Cl.Cl. The summed E-state index contributed by atoms with van der Waals surface area (Å²) < 4.78 is 0. The molecule has 1 fully saturated rings. The van der Waals surface area contributed by atoms with Gasteiger partial charge >= 0.3 is 0 Å². The lowest BCUT2D eigenvalue weighted by Gasteiger charge is -2.33. The number of rotatable bonds is 1. The Morgan fingerprint density at radius 2 is 2.29 bits per heavy atom. The van der Waals surface area contributed by atoms with E-state index in [1.165, 1.54) is 0 Å². The van der Waals surface area contributed by atoms with Gasteiger partial charge < -0.3 is 10.2 Å². The molecule has 1 aliphatic heterocycles. The van der Waals surface area contributed by atoms with Crippen molar-refractivity contribution in [3.63, 3.8) is 0 Å². The van der Waals surface area contributed by atoms with Gasteiger partial charge in [-0.15, -0.1) is 24.8 Å². The molecule has 1 aromatic rings. The molecule has 0 aliphatic carbocycles. The number of nitrogens with zero attached hydrogens (tertiary/aromatic N) is 2. The maximum atomic E-state index is 12.1. The highest BCUT2D eigenvalue weighted by Crippen LogP contribution is 2.08. The van der Waals surface area contributed by atoms with Gasteiger partial charge in [-0.1, -0.05) is 0 Å². The monoisotopic (exact) mass is 277 g/mol. The smallest absolute Gasteiger partial charge is 0.255 e. The van der Waals surface area contributed by atoms with Crippen molar-refractivity contribution in [3.05, 3.63) is 30.1 Å². The first kappa shape index (κ1) is 16.2. The molecule has 1 aliphatic rings. The number of amides is 1. The van der Waals surface area contributed by atoms with Crippen LogP contribution in [0.3, 0.4) is 0 Å². The van der Waals surface area contributed by atoms with Crippen LogP contribution in [0.4, 0.5) is 0 Å². The molecule has 2 heterocycles. The van der Waals surface area contributed by atoms with Crippen molar-refractivity contribution >= 4 is 30.7 Å². The van der Waals surface area contributed by atoms with Gasteiger partial charge in [-0.2, -0.15) is 0 Å². The molecule has 0 bridgehead atoms. The lowest BCUT2D eigenvalue weighted by molar-refractivity contribution is 0.0655. The average Bonchev–Trinajstić information content (AvgIpc) is 2.30. The molecule has 0 radical (unpaired) electrons. The summed E-state index contributed by atoms with van der Waals surface area (Å²) in [7, 11) is 0. The highest BCUT2D eigenvalue weighted by atomic mass is 35.5. The molecule has 0 spiro atoms. The van der Waals surface area contributed by atoms with E-state index in [-0.39, 0.29) is 36.8 Å². The molecule has 1 aromatic heterocycles. The number of pyridine rings is 1. The van der Waals surface area contributed by atoms with E-state index < -0.39 is 0 Å². The molecule has 17 heavy (non-hydrogen) atoms. The maximum Gasteiger partial charge on any atom is 0.255 e. The van der Waals surface area contributed by atoms with Crippen molar-refractivity contribution in [3.8, 4) is 0 Å². The Labute approximate surface area is 114 Å². The van der Waals surface area contributed by atoms with Gasteiger partial charge in [-0.3, -0.25) is 9.78 Å². The molecule has 0 unspecified atom stereocenters. The second kappa shape index (κ2) is 7.48. The van der Waals surface area contributed by atoms with Crippen molar-refractivity contribution in [2.24, 2.45) is 0 Å². The number of carbonyl (C=O) groups excluding carboxylic acids is 1. The summed E-state index contributed by atoms with van der Waals surface area (Å²) in [6.45, 7) is 4.57. The summed E-state index contributed by atoms with van der Waals surface area (Å²) in [5, 5.41) is 3.26. The van der Waals surface area contributed by atoms with E-state index in [9.17, 15) is 4.79 Å². The van der Waals surface area contributed by atoms with Gasteiger partial charge in [0.05, 0.1) is 5.56 Å². The summed E-state index contributed by atoms with van der Waals surface area (Å²) in [5.74, 6) is 0.0806. The normalized spacial score (nSPS) is 18.9. The minimum absolute atomic E-state index is 0. The van der Waals surface area contributed by atoms with E-state index in [1.807, 2.05) is 11.0 Å². The van der Waals surface area contributed by atoms with Crippen molar-refractivity contribution in [1.82, 2.24) is 15.2 Å². The van der Waals surface area contributed by atoms with E-state index in [0.29, 0.717) is 5.56 Å². The quantitative estimate of drug-likeness (QED) is 0.843. The summed E-state index contributed by atoms with van der Waals surface area (Å²) in [6.07, 6.45) is 3.30. The van der Waals surface area contributed by atoms with E-state index in [4.69, 9.17) is 0 Å². The fourth-order valence-electron chi connectivity index (χ4n) is 1.80. The van der Waals surface area contributed by atoms with Crippen LogP contribution >= 0.6 is 24.8 Å². The predicted molar refractivity (Wildman–Crippen MR) is 72.1 cm³/mol. The predicted octanol–water partition coefficient (Wildman–Crippen LogP) is 1.36. The van der Waals surface area contributed by atoms with Gasteiger partial charge in [-0.05, 0) is 19.1 Å². The Morgan fingerprint density at radius 1 is 1.53 bits per heavy atom. The van der Waals surface area contributed by atoms with E-state index in [1.54, 1.807) is 18.5 Å². The number of hydrogen-bond acceptors (Lipinski definition) is 3. The molecule has 1 atom stereocenters. The van der Waals surface area contributed by atoms with Crippen molar-refractivity contribution in [2.75, 3.05) is 19.6 Å². The first-order valence-corrected chi connectivity index (χ1v) is 5.21. The first-order valence-electron chi connectivity index (χ1n) is 5.21. The zero-order valence-corrected chi connectivity index (χ0v) is 11.3. The third kappa shape index (κ3) is 3.84. The molecular weight excluding hydrogens is 261 g/mol. The lowest BCUT2D eigenvalue weighted by atomic mass is 10.1. The first-order chi connectivity index (χ1) is 7.29. The van der Waals surface area contributed by atoms with Crippen LogP contribution in [0.2, 0.25) is 0 Å². The van der Waals surface area contributed by atoms with E-state index in [2.05, 4.69) is 17.2 Å². The summed E-state index contributed by atoms with van der Waals surface area (Å²) >= 11 is 0. The van der Waals surface area contributed by atoms with Crippen LogP contribution in [-0.4, -0.2) is 41.5 Å². The molecule has 0 aromatic carbocycles. The summed E-state index contributed by atoms with van der Waals surface area (Å²) in [5.41, 5.74) is 0.672. The van der Waals surface area contributed by atoms with Crippen LogP contribution < -0.4 is 5.32 Å². The van der Waals surface area contributed by atoms with Gasteiger partial charge in [0.2, 0.25) is 0 Å². The average molecular weight is 278 g/mol. The largest absolute Gasteiger partial charge is 0.333 e. The third-order valence-electron chi connectivity index (χ3n) is 2.67. The Morgan fingerprint density at radius 3 is 2.88 bits per heavy atom. The molecule has 0 saturated carbocycles. The number of halogens is 2. The summed E-state index contributed by atoms with van der Waals surface area (Å²) in [6, 6.07) is 3.86. The number of aromatic nitrogens is 1. The second-order valence-corrected chi connectivity index (χ2v) is 3.79. The molecule has 1 saturated heterocycles. The van der Waals surface area contributed by atoms with Crippen LogP contribution in [0.5, 0.6) is 0 Å².